The normalized spacial score (nSPS) is 11.6. The third-order valence-electron chi connectivity index (χ3n) is 3.94. The first-order valence-corrected chi connectivity index (χ1v) is 9.20. The van der Waals surface area contributed by atoms with E-state index in [1.807, 2.05) is 25.1 Å². The molecule has 1 rings (SSSR count). The molecule has 6 heteroatoms. The third kappa shape index (κ3) is 8.74. The monoisotopic (exact) mass is 350 g/mol. The molecule has 0 saturated carbocycles. The van der Waals surface area contributed by atoms with Gasteiger partial charge < -0.3 is 25.0 Å². The van der Waals surface area contributed by atoms with Crippen molar-refractivity contribution in [2.75, 3.05) is 53.0 Å². The number of nitrogens with one attached hydrogen (secondary N) is 2. The molecule has 6 nitrogen and oxygen atoms in total. The Balaban J connectivity index is 2.47. The molecule has 0 aliphatic carbocycles. The molecule has 142 valence electrons. The van der Waals surface area contributed by atoms with Crippen LogP contribution in [-0.2, 0) is 11.3 Å². The number of para-hydroxylation sites is 1. The predicted molar refractivity (Wildman–Crippen MR) is 104 cm³/mol. The van der Waals surface area contributed by atoms with Gasteiger partial charge >= 0.3 is 0 Å². The fourth-order valence-corrected chi connectivity index (χ4v) is 2.40. The number of aliphatic imine (C=N–C) groups is 1. The van der Waals surface area contributed by atoms with Crippen molar-refractivity contribution in [3.05, 3.63) is 29.8 Å². The Morgan fingerprint density at radius 1 is 1.08 bits per heavy atom. The summed E-state index contributed by atoms with van der Waals surface area (Å²) < 4.78 is 11.3. The van der Waals surface area contributed by atoms with E-state index >= 15 is 0 Å². The van der Waals surface area contributed by atoms with E-state index in [1.165, 1.54) is 0 Å². The Hall–Kier alpha value is -1.79. The number of hydrogen-bond donors (Lipinski definition) is 2. The molecule has 0 bridgehead atoms. The lowest BCUT2D eigenvalue weighted by Crippen LogP contribution is -2.38. The lowest BCUT2D eigenvalue weighted by Gasteiger charge is -2.19. The van der Waals surface area contributed by atoms with Crippen LogP contribution in [0, 0.1) is 0 Å². The highest BCUT2D eigenvalue weighted by atomic mass is 16.5. The smallest absolute Gasteiger partial charge is 0.191 e. The Kier molecular flexibility index (Phi) is 11.5. The molecule has 0 spiro atoms. The number of ether oxygens (including phenoxy) is 2. The highest BCUT2D eigenvalue weighted by Gasteiger charge is 2.06. The van der Waals surface area contributed by atoms with Gasteiger partial charge in [-0.3, -0.25) is 4.99 Å². The van der Waals surface area contributed by atoms with Crippen LogP contribution in [0.3, 0.4) is 0 Å². The second-order valence-electron chi connectivity index (χ2n) is 5.53. The number of likely N-dealkylation sites (N-methyl/N-ethyl adjacent to an activating group) is 1. The van der Waals surface area contributed by atoms with Gasteiger partial charge in [-0.2, -0.15) is 0 Å². The first kappa shape index (κ1) is 21.3. The molecule has 1 aromatic carbocycles. The molecule has 0 aromatic heterocycles. The van der Waals surface area contributed by atoms with Gasteiger partial charge in [0.2, 0.25) is 0 Å². The Morgan fingerprint density at radius 3 is 2.52 bits per heavy atom. The Labute approximate surface area is 152 Å². The molecule has 0 amide bonds. The summed E-state index contributed by atoms with van der Waals surface area (Å²) in [6, 6.07) is 8.13. The molecule has 0 aliphatic heterocycles. The van der Waals surface area contributed by atoms with Crippen molar-refractivity contribution in [1.82, 2.24) is 15.5 Å². The van der Waals surface area contributed by atoms with E-state index < -0.39 is 0 Å². The molecule has 0 radical (unpaired) electrons. The predicted octanol–water partition coefficient (Wildman–Crippen LogP) is 2.11. The lowest BCUT2D eigenvalue weighted by molar-refractivity contribution is 0.152. The van der Waals surface area contributed by atoms with Crippen molar-refractivity contribution >= 4 is 5.96 Å². The summed E-state index contributed by atoms with van der Waals surface area (Å²) in [5.74, 6) is 1.68. The minimum Gasteiger partial charge on any atom is -0.492 e. The van der Waals surface area contributed by atoms with Crippen LogP contribution in [0.1, 0.15) is 26.3 Å². The quantitative estimate of drug-likeness (QED) is 0.343. The van der Waals surface area contributed by atoms with E-state index in [-0.39, 0.29) is 0 Å². The lowest BCUT2D eigenvalue weighted by atomic mass is 10.2. The van der Waals surface area contributed by atoms with Gasteiger partial charge in [-0.05, 0) is 26.1 Å². The van der Waals surface area contributed by atoms with Crippen molar-refractivity contribution < 1.29 is 9.47 Å². The van der Waals surface area contributed by atoms with Crippen LogP contribution >= 0.6 is 0 Å². The van der Waals surface area contributed by atoms with Gasteiger partial charge in [-0.1, -0.05) is 32.0 Å². The van der Waals surface area contributed by atoms with Crippen LogP contribution in [0.4, 0.5) is 0 Å². The molecular formula is C19H34N4O2. The number of guanidine groups is 1. The zero-order valence-corrected chi connectivity index (χ0v) is 16.2. The van der Waals surface area contributed by atoms with Crippen molar-refractivity contribution in [2.45, 2.75) is 27.3 Å². The minimum atomic E-state index is 0.662. The van der Waals surface area contributed by atoms with Crippen LogP contribution in [0.5, 0.6) is 5.75 Å². The maximum Gasteiger partial charge on any atom is 0.191 e. The van der Waals surface area contributed by atoms with Crippen molar-refractivity contribution in [1.29, 1.82) is 0 Å². The zero-order chi connectivity index (χ0) is 18.3. The van der Waals surface area contributed by atoms with Crippen LogP contribution in [0.2, 0.25) is 0 Å². The summed E-state index contributed by atoms with van der Waals surface area (Å²) in [6.07, 6.45) is 0. The summed E-state index contributed by atoms with van der Waals surface area (Å²) in [4.78, 5) is 6.58. The second kappa shape index (κ2) is 13.5. The summed E-state index contributed by atoms with van der Waals surface area (Å²) in [7, 11) is 1.77. The fourth-order valence-electron chi connectivity index (χ4n) is 2.40. The summed E-state index contributed by atoms with van der Waals surface area (Å²) in [5.41, 5.74) is 1.12. The molecule has 0 atom stereocenters. The zero-order valence-electron chi connectivity index (χ0n) is 16.2. The Bertz CT molecular complexity index is 490. The fraction of sp³-hybridized carbons (Fsp3) is 0.632. The van der Waals surface area contributed by atoms with Gasteiger partial charge in [0.05, 0.1) is 6.61 Å². The average Bonchev–Trinajstić information content (AvgIpc) is 2.65. The van der Waals surface area contributed by atoms with Crippen LogP contribution < -0.4 is 15.4 Å². The van der Waals surface area contributed by atoms with Gasteiger partial charge in [0.1, 0.15) is 12.4 Å². The van der Waals surface area contributed by atoms with Crippen LogP contribution in [0.25, 0.3) is 0 Å². The van der Waals surface area contributed by atoms with E-state index in [0.717, 1.165) is 50.1 Å². The van der Waals surface area contributed by atoms with Gasteiger partial charge in [0, 0.05) is 38.9 Å². The van der Waals surface area contributed by atoms with E-state index in [2.05, 4.69) is 40.4 Å². The maximum atomic E-state index is 5.99. The highest BCUT2D eigenvalue weighted by Crippen LogP contribution is 2.17. The maximum absolute atomic E-state index is 5.99. The van der Waals surface area contributed by atoms with Gasteiger partial charge in [0.25, 0.3) is 0 Å². The number of hydrogen-bond acceptors (Lipinski definition) is 4. The Morgan fingerprint density at radius 2 is 1.84 bits per heavy atom. The molecule has 0 heterocycles. The topological polar surface area (TPSA) is 58.1 Å². The molecular weight excluding hydrogens is 316 g/mol. The van der Waals surface area contributed by atoms with E-state index in [4.69, 9.17) is 9.47 Å². The minimum absolute atomic E-state index is 0.662. The van der Waals surface area contributed by atoms with Crippen molar-refractivity contribution in [3.8, 4) is 5.75 Å². The van der Waals surface area contributed by atoms with Crippen molar-refractivity contribution in [3.63, 3.8) is 0 Å². The van der Waals surface area contributed by atoms with E-state index in [0.29, 0.717) is 19.8 Å². The molecule has 2 N–H and O–H groups in total. The third-order valence-corrected chi connectivity index (χ3v) is 3.94. The molecule has 0 fully saturated rings. The number of rotatable bonds is 12. The molecule has 0 unspecified atom stereocenters. The van der Waals surface area contributed by atoms with Gasteiger partial charge in [-0.15, -0.1) is 0 Å². The molecule has 0 saturated heterocycles. The van der Waals surface area contributed by atoms with Gasteiger partial charge in [0.15, 0.2) is 5.96 Å². The van der Waals surface area contributed by atoms with Crippen LogP contribution in [-0.4, -0.2) is 63.9 Å². The van der Waals surface area contributed by atoms with Crippen LogP contribution in [0.15, 0.2) is 29.3 Å². The summed E-state index contributed by atoms with van der Waals surface area (Å²) in [5, 5.41) is 6.55. The van der Waals surface area contributed by atoms with E-state index in [9.17, 15) is 0 Å². The first-order valence-electron chi connectivity index (χ1n) is 9.20. The number of nitrogens with zero attached hydrogens (tertiary/aromatic N) is 2. The first-order chi connectivity index (χ1) is 12.2. The number of benzene rings is 1. The molecule has 0 aliphatic rings. The summed E-state index contributed by atoms with van der Waals surface area (Å²) >= 11 is 0. The second-order valence-corrected chi connectivity index (χ2v) is 5.53. The highest BCUT2D eigenvalue weighted by molar-refractivity contribution is 5.79. The molecule has 25 heavy (non-hydrogen) atoms. The standard InChI is InChI=1S/C19H34N4O2/c1-5-23(6-2)13-15-25-18-11-9-8-10-17(18)16-22-19(20-4)21-12-14-24-7-3/h8-11H,5-7,12-16H2,1-4H3,(H2,20,21,22). The largest absolute Gasteiger partial charge is 0.492 e. The SMILES string of the molecule is CCOCCNC(=NC)NCc1ccccc1OCCN(CC)CC. The average molecular weight is 351 g/mol. The molecule has 1 aromatic rings. The summed E-state index contributed by atoms with van der Waals surface area (Å²) in [6.45, 7) is 12.9. The van der Waals surface area contributed by atoms with E-state index in [1.54, 1.807) is 7.05 Å². The van der Waals surface area contributed by atoms with Gasteiger partial charge in [-0.25, -0.2) is 0 Å². The van der Waals surface area contributed by atoms with Crippen molar-refractivity contribution in [2.24, 2.45) is 4.99 Å².